The van der Waals surface area contributed by atoms with Gasteiger partial charge in [-0.1, -0.05) is 13.0 Å². The predicted molar refractivity (Wildman–Crippen MR) is 112 cm³/mol. The van der Waals surface area contributed by atoms with Gasteiger partial charge in [-0.2, -0.15) is 4.98 Å². The summed E-state index contributed by atoms with van der Waals surface area (Å²) in [7, 11) is 1.54. The largest absolute Gasteiger partial charge is 0.491 e. The van der Waals surface area contributed by atoms with Gasteiger partial charge in [-0.05, 0) is 43.5 Å². The first-order chi connectivity index (χ1) is 13.8. The molecule has 29 heavy (non-hydrogen) atoms. The maximum absolute atomic E-state index is 12.4. The minimum absolute atomic E-state index is 0.0546. The van der Waals surface area contributed by atoms with Crippen LogP contribution in [0, 0.1) is 13.8 Å². The van der Waals surface area contributed by atoms with Crippen molar-refractivity contribution < 1.29 is 9.84 Å². The molecule has 1 aromatic carbocycles. The first-order valence-electron chi connectivity index (χ1n) is 9.63. The minimum atomic E-state index is -0.882. The molecular weight excluding hydrogens is 374 g/mol. The molecule has 3 rings (SSSR count). The van der Waals surface area contributed by atoms with Crippen LogP contribution in [0.3, 0.4) is 0 Å². The van der Waals surface area contributed by atoms with E-state index in [1.807, 2.05) is 39.0 Å². The zero-order chi connectivity index (χ0) is 21.1. The first-order valence-corrected chi connectivity index (χ1v) is 9.63. The van der Waals surface area contributed by atoms with Gasteiger partial charge < -0.3 is 19.7 Å². The summed E-state index contributed by atoms with van der Waals surface area (Å²) in [6, 6.07) is 5.74. The molecule has 3 aromatic rings. The Morgan fingerprint density at radius 1 is 1.28 bits per heavy atom. The van der Waals surface area contributed by atoms with Crippen molar-refractivity contribution in [2.45, 2.75) is 39.8 Å². The molecule has 0 aliphatic heterocycles. The molecule has 2 aromatic heterocycles. The number of nitrogens with zero attached hydrogens (tertiary/aromatic N) is 3. The summed E-state index contributed by atoms with van der Waals surface area (Å²) in [6.07, 6.45) is -0.0236. The molecule has 9 heteroatoms. The van der Waals surface area contributed by atoms with Gasteiger partial charge in [0, 0.05) is 13.6 Å². The summed E-state index contributed by atoms with van der Waals surface area (Å²) in [6.45, 7) is 6.82. The van der Waals surface area contributed by atoms with Crippen LogP contribution in [0.4, 0.5) is 5.95 Å². The molecule has 0 aliphatic carbocycles. The number of fused-ring (bicyclic) bond motifs is 1. The van der Waals surface area contributed by atoms with Crippen LogP contribution in [-0.4, -0.2) is 43.5 Å². The van der Waals surface area contributed by atoms with Crippen LogP contribution in [0.15, 0.2) is 27.8 Å². The number of hydrogen-bond acceptors (Lipinski definition) is 6. The highest BCUT2D eigenvalue weighted by molar-refractivity contribution is 5.74. The van der Waals surface area contributed by atoms with E-state index in [0.717, 1.165) is 12.0 Å². The van der Waals surface area contributed by atoms with Gasteiger partial charge in [-0.25, -0.2) is 4.79 Å². The zero-order valence-electron chi connectivity index (χ0n) is 17.2. The molecule has 0 amide bonds. The normalized spacial score (nSPS) is 12.3. The molecule has 1 atom stereocenters. The molecule has 0 saturated carbocycles. The zero-order valence-corrected chi connectivity index (χ0v) is 17.2. The number of imidazole rings is 1. The Labute approximate surface area is 168 Å². The fraction of sp³-hybridized carbons (Fsp3) is 0.450. The Morgan fingerprint density at radius 3 is 2.72 bits per heavy atom. The number of nitrogens with one attached hydrogen (secondary N) is 2. The fourth-order valence-electron chi connectivity index (χ4n) is 3.04. The highest BCUT2D eigenvalue weighted by atomic mass is 16.5. The third-order valence-electron chi connectivity index (χ3n) is 4.85. The van der Waals surface area contributed by atoms with Crippen LogP contribution < -0.4 is 21.3 Å². The SMILES string of the molecule is CCCNc1nc2c(c(=O)[nH]c(=O)n2C)n1CC(O)COc1ccc(C)c(C)c1. The van der Waals surface area contributed by atoms with Crippen LogP contribution in [0.5, 0.6) is 5.75 Å². The van der Waals surface area contributed by atoms with Crippen LogP contribution in [0.1, 0.15) is 24.5 Å². The molecule has 0 aliphatic rings. The van der Waals surface area contributed by atoms with E-state index < -0.39 is 17.4 Å². The predicted octanol–water partition coefficient (Wildman–Crippen LogP) is 1.30. The molecular formula is C20H27N5O4. The van der Waals surface area contributed by atoms with E-state index in [1.165, 1.54) is 10.1 Å². The highest BCUT2D eigenvalue weighted by Crippen LogP contribution is 2.18. The average Bonchev–Trinajstić information content (AvgIpc) is 3.04. The van der Waals surface area contributed by atoms with E-state index >= 15 is 0 Å². The van der Waals surface area contributed by atoms with Crippen molar-refractivity contribution in [1.82, 2.24) is 19.1 Å². The number of anilines is 1. The molecule has 0 radical (unpaired) electrons. The lowest BCUT2D eigenvalue weighted by atomic mass is 10.1. The lowest BCUT2D eigenvalue weighted by molar-refractivity contribution is 0.0938. The van der Waals surface area contributed by atoms with E-state index in [9.17, 15) is 14.7 Å². The van der Waals surface area contributed by atoms with Crippen molar-refractivity contribution >= 4 is 17.1 Å². The second-order valence-electron chi connectivity index (χ2n) is 7.17. The van der Waals surface area contributed by atoms with E-state index in [0.29, 0.717) is 18.2 Å². The molecule has 0 fully saturated rings. The van der Waals surface area contributed by atoms with Gasteiger partial charge in [0.25, 0.3) is 5.56 Å². The molecule has 2 heterocycles. The van der Waals surface area contributed by atoms with Crippen LogP contribution >= 0.6 is 0 Å². The Hall–Kier alpha value is -3.07. The summed E-state index contributed by atoms with van der Waals surface area (Å²) in [5.74, 6) is 1.10. The van der Waals surface area contributed by atoms with Crippen molar-refractivity contribution in [2.24, 2.45) is 7.05 Å². The summed E-state index contributed by atoms with van der Waals surface area (Å²) < 4.78 is 8.59. The lowest BCUT2D eigenvalue weighted by Gasteiger charge is -2.16. The van der Waals surface area contributed by atoms with Crippen molar-refractivity contribution in [3.63, 3.8) is 0 Å². The van der Waals surface area contributed by atoms with Gasteiger partial charge in [0.2, 0.25) is 5.95 Å². The second-order valence-corrected chi connectivity index (χ2v) is 7.17. The van der Waals surface area contributed by atoms with Crippen molar-refractivity contribution in [1.29, 1.82) is 0 Å². The van der Waals surface area contributed by atoms with Crippen LogP contribution in [0.25, 0.3) is 11.2 Å². The second kappa shape index (κ2) is 8.52. The number of aryl methyl sites for hydroxylation is 3. The monoisotopic (exact) mass is 401 g/mol. The number of aliphatic hydroxyl groups is 1. The van der Waals surface area contributed by atoms with Crippen molar-refractivity contribution in [3.8, 4) is 5.75 Å². The Bertz CT molecular complexity index is 1130. The highest BCUT2D eigenvalue weighted by Gasteiger charge is 2.19. The fourth-order valence-corrected chi connectivity index (χ4v) is 3.04. The smallest absolute Gasteiger partial charge is 0.329 e. The molecule has 156 valence electrons. The Morgan fingerprint density at radius 2 is 2.03 bits per heavy atom. The number of rotatable bonds is 8. The topological polar surface area (TPSA) is 114 Å². The van der Waals surface area contributed by atoms with Crippen molar-refractivity contribution in [3.05, 3.63) is 50.2 Å². The first kappa shape index (κ1) is 20.7. The van der Waals surface area contributed by atoms with Gasteiger partial charge in [0.15, 0.2) is 11.2 Å². The molecule has 0 spiro atoms. The van der Waals surface area contributed by atoms with Gasteiger partial charge in [-0.3, -0.25) is 14.3 Å². The van der Waals surface area contributed by atoms with Crippen molar-refractivity contribution in [2.75, 3.05) is 18.5 Å². The maximum Gasteiger partial charge on any atom is 0.329 e. The lowest BCUT2D eigenvalue weighted by Crippen LogP contribution is -2.31. The summed E-state index contributed by atoms with van der Waals surface area (Å²) in [4.78, 5) is 31.0. The van der Waals surface area contributed by atoms with Crippen LogP contribution in [0.2, 0.25) is 0 Å². The number of aliphatic hydroxyl groups excluding tert-OH is 1. The van der Waals surface area contributed by atoms with E-state index in [1.54, 1.807) is 11.6 Å². The van der Waals surface area contributed by atoms with Gasteiger partial charge in [-0.15, -0.1) is 0 Å². The summed E-state index contributed by atoms with van der Waals surface area (Å²) >= 11 is 0. The third-order valence-corrected chi connectivity index (χ3v) is 4.85. The minimum Gasteiger partial charge on any atom is -0.491 e. The van der Waals surface area contributed by atoms with E-state index in [2.05, 4.69) is 15.3 Å². The third kappa shape index (κ3) is 4.34. The average molecular weight is 401 g/mol. The number of H-pyrrole nitrogens is 1. The standard InChI is InChI=1S/C20H27N5O4/c1-5-8-21-19-22-17-16(18(27)23-20(28)24(17)4)25(19)10-14(26)11-29-15-7-6-12(2)13(3)9-15/h6-7,9,14,26H,5,8,10-11H2,1-4H3,(H,21,22)(H,23,27,28). The van der Waals surface area contributed by atoms with E-state index in [4.69, 9.17) is 4.74 Å². The molecule has 9 nitrogen and oxygen atoms in total. The number of aromatic nitrogens is 4. The summed E-state index contributed by atoms with van der Waals surface area (Å²) in [5, 5.41) is 13.7. The van der Waals surface area contributed by atoms with Gasteiger partial charge >= 0.3 is 5.69 Å². The van der Waals surface area contributed by atoms with Crippen LogP contribution in [-0.2, 0) is 13.6 Å². The number of ether oxygens (including phenoxy) is 1. The summed E-state index contributed by atoms with van der Waals surface area (Å²) in [5.41, 5.74) is 1.70. The molecule has 3 N–H and O–H groups in total. The van der Waals surface area contributed by atoms with Gasteiger partial charge in [0.1, 0.15) is 18.5 Å². The maximum atomic E-state index is 12.4. The number of aromatic amines is 1. The molecule has 0 saturated heterocycles. The molecule has 0 bridgehead atoms. The van der Waals surface area contributed by atoms with Gasteiger partial charge in [0.05, 0.1) is 6.54 Å². The Kier molecular flexibility index (Phi) is 6.07. The quantitative estimate of drug-likeness (QED) is 0.524. The Balaban J connectivity index is 1.87. The molecule has 1 unspecified atom stereocenters. The van der Waals surface area contributed by atoms with E-state index in [-0.39, 0.29) is 24.3 Å². The number of hydrogen-bond donors (Lipinski definition) is 3. The number of benzene rings is 1.